The Morgan fingerprint density at radius 2 is 1.95 bits per heavy atom. The molecule has 0 aliphatic carbocycles. The summed E-state index contributed by atoms with van der Waals surface area (Å²) in [5.41, 5.74) is 8.22. The number of hydrogen-bond acceptors (Lipinski definition) is 4. The lowest BCUT2D eigenvalue weighted by atomic mass is 9.95. The highest BCUT2D eigenvalue weighted by Crippen LogP contribution is 2.42. The van der Waals surface area contributed by atoms with Crippen molar-refractivity contribution in [2.45, 2.75) is 18.9 Å². The predicted molar refractivity (Wildman–Crippen MR) is 79.4 cm³/mol. The molecular formula is C17H16NO3. The Hall–Kier alpha value is -2.33. The molecule has 0 fully saturated rings. The maximum absolute atomic E-state index is 10.1. The number of hydrogen-bond donors (Lipinski definition) is 1. The van der Waals surface area contributed by atoms with Gasteiger partial charge in [-0.1, -0.05) is 18.2 Å². The first-order chi connectivity index (χ1) is 10.3. The first-order valence-corrected chi connectivity index (χ1v) is 6.93. The van der Waals surface area contributed by atoms with Gasteiger partial charge in [-0.3, -0.25) is 4.79 Å². The van der Waals surface area contributed by atoms with Crippen molar-refractivity contribution in [3.8, 4) is 17.2 Å². The van der Waals surface area contributed by atoms with Crippen LogP contribution in [0.3, 0.4) is 0 Å². The van der Waals surface area contributed by atoms with Crippen molar-refractivity contribution in [3.05, 3.63) is 53.6 Å². The molecule has 1 unspecified atom stereocenters. The van der Waals surface area contributed by atoms with Gasteiger partial charge in [0.25, 0.3) is 0 Å². The average molecular weight is 282 g/mol. The van der Waals surface area contributed by atoms with Gasteiger partial charge in [-0.15, -0.1) is 0 Å². The van der Waals surface area contributed by atoms with E-state index in [4.69, 9.17) is 15.2 Å². The molecule has 0 aromatic heterocycles. The second-order valence-electron chi connectivity index (χ2n) is 4.91. The molecule has 0 bridgehead atoms. The summed E-state index contributed by atoms with van der Waals surface area (Å²) in [6, 6.07) is 13.2. The number of carbonyl (C=O) groups excluding carboxylic acids is 1. The molecule has 1 atom stereocenters. The van der Waals surface area contributed by atoms with E-state index in [1.807, 2.05) is 48.8 Å². The van der Waals surface area contributed by atoms with Gasteiger partial charge in [-0.2, -0.15) is 0 Å². The Bertz CT molecular complexity index is 654. The minimum atomic E-state index is -0.191. The molecule has 0 saturated heterocycles. The van der Waals surface area contributed by atoms with Gasteiger partial charge in [0.05, 0.1) is 12.6 Å². The number of unbranched alkanes of at least 4 members (excludes halogenated alkanes) is 1. The monoisotopic (exact) mass is 282 g/mol. The number of para-hydroxylation sites is 1. The Labute approximate surface area is 123 Å². The molecule has 1 radical (unpaired) electrons. The standard InChI is InChI=1S/C17H16NO3/c18-17-13-5-1-2-6-15(13)21-16-11-12(7-8-14(16)17)20-10-4-3-9-19/h1-2,5-8,11,17H,3-4,10,18H2. The maximum Gasteiger partial charge on any atom is 0.198 e. The van der Waals surface area contributed by atoms with E-state index >= 15 is 0 Å². The van der Waals surface area contributed by atoms with Crippen molar-refractivity contribution >= 4 is 6.29 Å². The molecule has 2 N–H and O–H groups in total. The topological polar surface area (TPSA) is 61.6 Å². The molecule has 1 aliphatic rings. The molecule has 4 heteroatoms. The summed E-state index contributed by atoms with van der Waals surface area (Å²) in [4.78, 5) is 10.1. The van der Waals surface area contributed by atoms with Crippen molar-refractivity contribution in [3.63, 3.8) is 0 Å². The number of fused-ring (bicyclic) bond motifs is 2. The van der Waals surface area contributed by atoms with E-state index in [1.165, 1.54) is 0 Å². The molecule has 4 nitrogen and oxygen atoms in total. The summed E-state index contributed by atoms with van der Waals surface area (Å²) in [7, 11) is 0. The first kappa shape index (κ1) is 13.6. The molecule has 0 spiro atoms. The summed E-state index contributed by atoms with van der Waals surface area (Å²) in [6.07, 6.45) is 2.89. The predicted octanol–water partition coefficient (Wildman–Crippen LogP) is 3.11. The zero-order valence-corrected chi connectivity index (χ0v) is 11.5. The van der Waals surface area contributed by atoms with Crippen LogP contribution in [0.2, 0.25) is 0 Å². The molecule has 0 amide bonds. The fourth-order valence-corrected chi connectivity index (χ4v) is 2.40. The molecule has 1 aliphatic heterocycles. The third kappa shape index (κ3) is 2.76. The van der Waals surface area contributed by atoms with Crippen LogP contribution in [0.25, 0.3) is 0 Å². The second kappa shape index (κ2) is 5.97. The summed E-state index contributed by atoms with van der Waals surface area (Å²) in [5.74, 6) is 2.22. The van der Waals surface area contributed by atoms with E-state index in [-0.39, 0.29) is 6.04 Å². The molecule has 107 valence electrons. The largest absolute Gasteiger partial charge is 0.493 e. The van der Waals surface area contributed by atoms with Gasteiger partial charge in [0.2, 0.25) is 0 Å². The highest BCUT2D eigenvalue weighted by Gasteiger charge is 2.24. The number of nitrogens with two attached hydrogens (primary N) is 1. The third-order valence-electron chi connectivity index (χ3n) is 3.49. The normalized spacial score (nSPS) is 15.6. The molecule has 2 aromatic carbocycles. The van der Waals surface area contributed by atoms with Crippen LogP contribution in [-0.4, -0.2) is 12.9 Å². The van der Waals surface area contributed by atoms with Gasteiger partial charge in [-0.05, 0) is 24.6 Å². The molecule has 3 rings (SSSR count). The third-order valence-corrected chi connectivity index (χ3v) is 3.49. The van der Waals surface area contributed by atoms with E-state index in [1.54, 1.807) is 0 Å². The second-order valence-corrected chi connectivity index (χ2v) is 4.91. The van der Waals surface area contributed by atoms with Gasteiger partial charge >= 0.3 is 0 Å². The van der Waals surface area contributed by atoms with Crippen LogP contribution in [0.4, 0.5) is 0 Å². The van der Waals surface area contributed by atoms with Crippen molar-refractivity contribution in [2.75, 3.05) is 6.61 Å². The molecule has 2 aromatic rings. The van der Waals surface area contributed by atoms with E-state index in [9.17, 15) is 4.79 Å². The number of rotatable bonds is 5. The lowest BCUT2D eigenvalue weighted by Gasteiger charge is -2.25. The van der Waals surface area contributed by atoms with Gasteiger partial charge < -0.3 is 15.2 Å². The van der Waals surface area contributed by atoms with Crippen molar-refractivity contribution in [1.82, 2.24) is 0 Å². The Kier molecular flexibility index (Phi) is 3.88. The van der Waals surface area contributed by atoms with E-state index in [2.05, 4.69) is 0 Å². The van der Waals surface area contributed by atoms with Gasteiger partial charge in [0, 0.05) is 23.6 Å². The minimum Gasteiger partial charge on any atom is -0.493 e. The molecular weight excluding hydrogens is 266 g/mol. The molecule has 0 saturated carbocycles. The van der Waals surface area contributed by atoms with Crippen LogP contribution in [-0.2, 0) is 4.79 Å². The quantitative estimate of drug-likeness (QED) is 0.856. The van der Waals surface area contributed by atoms with E-state index < -0.39 is 0 Å². The van der Waals surface area contributed by atoms with Crippen LogP contribution in [0.1, 0.15) is 30.0 Å². The fourth-order valence-electron chi connectivity index (χ4n) is 2.40. The van der Waals surface area contributed by atoms with Crippen molar-refractivity contribution < 1.29 is 14.3 Å². The van der Waals surface area contributed by atoms with Crippen molar-refractivity contribution in [1.29, 1.82) is 0 Å². The average Bonchev–Trinajstić information content (AvgIpc) is 2.52. The van der Waals surface area contributed by atoms with E-state index in [0.29, 0.717) is 25.2 Å². The highest BCUT2D eigenvalue weighted by atomic mass is 16.5. The molecule has 1 heterocycles. The van der Waals surface area contributed by atoms with Crippen LogP contribution in [0.15, 0.2) is 42.5 Å². The zero-order valence-electron chi connectivity index (χ0n) is 11.5. The van der Waals surface area contributed by atoms with Gasteiger partial charge in [0.1, 0.15) is 17.2 Å². The van der Waals surface area contributed by atoms with Gasteiger partial charge in [-0.25, -0.2) is 0 Å². The fraction of sp³-hybridized carbons (Fsp3) is 0.235. The lowest BCUT2D eigenvalue weighted by Crippen LogP contribution is -2.17. The van der Waals surface area contributed by atoms with Crippen LogP contribution >= 0.6 is 0 Å². The van der Waals surface area contributed by atoms with Crippen LogP contribution < -0.4 is 15.2 Å². The number of benzene rings is 2. The summed E-state index contributed by atoms with van der Waals surface area (Å²) < 4.78 is 11.5. The van der Waals surface area contributed by atoms with Gasteiger partial charge in [0.15, 0.2) is 6.29 Å². The Morgan fingerprint density at radius 3 is 2.81 bits per heavy atom. The SMILES string of the molecule is NC1c2ccccc2Oc2cc(OCCC[C]=O)ccc21. The van der Waals surface area contributed by atoms with Crippen LogP contribution in [0.5, 0.6) is 17.2 Å². The summed E-state index contributed by atoms with van der Waals surface area (Å²) in [5, 5.41) is 0. The lowest BCUT2D eigenvalue weighted by molar-refractivity contribution is 0.310. The van der Waals surface area contributed by atoms with Crippen LogP contribution in [0, 0.1) is 0 Å². The smallest absolute Gasteiger partial charge is 0.198 e. The molecule has 21 heavy (non-hydrogen) atoms. The maximum atomic E-state index is 10.1. The number of ether oxygens (including phenoxy) is 2. The minimum absolute atomic E-state index is 0.191. The summed E-state index contributed by atoms with van der Waals surface area (Å²) >= 11 is 0. The highest BCUT2D eigenvalue weighted by molar-refractivity contribution is 5.54. The summed E-state index contributed by atoms with van der Waals surface area (Å²) in [6.45, 7) is 0.483. The Morgan fingerprint density at radius 1 is 1.14 bits per heavy atom. The van der Waals surface area contributed by atoms with Crippen molar-refractivity contribution in [2.24, 2.45) is 5.73 Å². The Balaban J connectivity index is 1.79. The first-order valence-electron chi connectivity index (χ1n) is 6.93. The van der Waals surface area contributed by atoms with E-state index in [0.717, 1.165) is 22.6 Å². The zero-order chi connectivity index (χ0) is 14.7.